The van der Waals surface area contributed by atoms with Gasteiger partial charge in [0.15, 0.2) is 0 Å². The maximum atomic E-state index is 14.9. The number of carbonyl (C=O) groups excluding carboxylic acids is 1. The smallest absolute Gasteiger partial charge is 0.460 e. The van der Waals surface area contributed by atoms with E-state index in [9.17, 15) is 71.5 Å². The number of halogens is 14. The van der Waals surface area contributed by atoms with Crippen molar-refractivity contribution in [3.63, 3.8) is 0 Å². The summed E-state index contributed by atoms with van der Waals surface area (Å²) in [6.45, 7) is -0.981. The van der Waals surface area contributed by atoms with Crippen molar-refractivity contribution in [2.45, 2.75) is 66.5 Å². The van der Waals surface area contributed by atoms with Gasteiger partial charge in [0, 0.05) is 0 Å². The molecule has 0 amide bonds. The summed E-state index contributed by atoms with van der Waals surface area (Å²) in [6.07, 6.45) is -5.56. The molecule has 5 nitrogen and oxygen atoms in total. The van der Waals surface area contributed by atoms with Crippen LogP contribution in [0, 0.1) is 17.8 Å². The zero-order valence-electron chi connectivity index (χ0n) is 17.0. The first-order chi connectivity index (χ1) is 16.0. The lowest BCUT2D eigenvalue weighted by atomic mass is 9.89. The molecule has 0 aromatic carbocycles. The van der Waals surface area contributed by atoms with Crippen LogP contribution in [-0.2, 0) is 18.9 Å². The molecule has 0 saturated heterocycles. The largest absolute Gasteiger partial charge is 0.691 e. The van der Waals surface area contributed by atoms with Crippen LogP contribution in [0.2, 0.25) is 0 Å². The Hall–Kier alpha value is -1.28. The third kappa shape index (κ3) is 4.48. The Morgan fingerprint density at radius 1 is 0.750 bits per heavy atom. The van der Waals surface area contributed by atoms with Crippen molar-refractivity contribution in [1.29, 1.82) is 0 Å². The van der Waals surface area contributed by atoms with Gasteiger partial charge in [0.2, 0.25) is 0 Å². The number of hydrogen-bond acceptors (Lipinski definition) is 6. The van der Waals surface area contributed by atoms with E-state index >= 15 is 0 Å². The summed E-state index contributed by atoms with van der Waals surface area (Å²) in [5, 5.41) is 6.10. The predicted octanol–water partition coefficient (Wildman–Crippen LogP) is 5.24. The molecule has 0 aliphatic heterocycles. The summed E-state index contributed by atoms with van der Waals surface area (Å²) in [7, 11) is 0. The average Bonchev–Trinajstić information content (AvgIpc) is 3.37. The van der Waals surface area contributed by atoms with Gasteiger partial charge in [-0.15, -0.1) is 0 Å². The molecule has 2 aliphatic rings. The molecule has 36 heavy (non-hydrogen) atoms. The second-order valence-corrected chi connectivity index (χ2v) is 9.08. The fraction of sp³-hybridized carbons (Fsp3) is 0.938. The van der Waals surface area contributed by atoms with Crippen molar-refractivity contribution in [2.75, 3.05) is 6.61 Å². The predicted molar refractivity (Wildman–Crippen MR) is 84.3 cm³/mol. The summed E-state index contributed by atoms with van der Waals surface area (Å²) >= 11 is -2.09. The molecule has 2 aliphatic carbocycles. The second-order valence-electron chi connectivity index (χ2n) is 8.22. The first-order valence-corrected chi connectivity index (χ1v) is 10.2. The van der Waals surface area contributed by atoms with Crippen molar-refractivity contribution in [3.8, 4) is 0 Å². The van der Waals surface area contributed by atoms with Gasteiger partial charge in [-0.25, -0.2) is 9.18 Å². The van der Waals surface area contributed by atoms with Crippen molar-refractivity contribution < 1.29 is 85.6 Å². The van der Waals surface area contributed by atoms with Crippen molar-refractivity contribution in [1.82, 2.24) is 0 Å². The Morgan fingerprint density at radius 3 is 1.67 bits per heavy atom. The van der Waals surface area contributed by atoms with Crippen LogP contribution >= 0.6 is 12.0 Å². The number of carbonyl (C=O) groups is 1. The third-order valence-electron chi connectivity index (χ3n) is 6.09. The minimum atomic E-state index is -8.37. The highest BCUT2D eigenvalue weighted by molar-refractivity contribution is 7.96. The summed E-state index contributed by atoms with van der Waals surface area (Å²) in [4.78, 5) is 11.9. The van der Waals surface area contributed by atoms with Crippen LogP contribution in [0.15, 0.2) is 0 Å². The lowest BCUT2D eigenvalue weighted by Gasteiger charge is -2.42. The summed E-state index contributed by atoms with van der Waals surface area (Å²) in [5.41, 5.74) is 0. The zero-order valence-corrected chi connectivity index (χ0v) is 17.8. The van der Waals surface area contributed by atoms with Gasteiger partial charge >= 0.3 is 46.8 Å². The number of rotatable bonds is 11. The van der Waals surface area contributed by atoms with E-state index in [1.165, 1.54) is 0 Å². The molecular formula is C16H13F14O5S-. The molecule has 4 atom stereocenters. The maximum Gasteiger partial charge on any atom is 0.460 e. The quantitative estimate of drug-likeness (QED) is 0.109. The van der Waals surface area contributed by atoms with Gasteiger partial charge in [-0.05, 0) is 37.0 Å². The molecule has 2 bridgehead atoms. The van der Waals surface area contributed by atoms with Gasteiger partial charge in [-0.3, -0.25) is 5.04 Å². The topological polar surface area (TPSA) is 67.8 Å². The highest BCUT2D eigenvalue weighted by atomic mass is 32.2. The first kappa shape index (κ1) is 30.9. The molecule has 0 aromatic heterocycles. The van der Waals surface area contributed by atoms with Crippen molar-refractivity contribution >= 4 is 18.0 Å². The zero-order chi connectivity index (χ0) is 28.2. The maximum absolute atomic E-state index is 14.9. The molecule has 212 valence electrons. The van der Waals surface area contributed by atoms with E-state index in [0.29, 0.717) is 12.8 Å². The summed E-state index contributed by atoms with van der Waals surface area (Å²) in [6, 6.07) is 0. The molecule has 20 heteroatoms. The Morgan fingerprint density at radius 2 is 1.25 bits per heavy atom. The molecule has 0 aromatic rings. The third-order valence-corrected chi connectivity index (χ3v) is 6.87. The number of alkyl halides is 14. The molecule has 0 N–H and O–H groups in total. The van der Waals surface area contributed by atoms with E-state index in [0.717, 1.165) is 6.42 Å². The number of esters is 1. The Kier molecular flexibility index (Phi) is 8.15. The number of hydrogen-bond donors (Lipinski definition) is 0. The molecule has 2 rings (SSSR count). The van der Waals surface area contributed by atoms with Crippen LogP contribution in [0.3, 0.4) is 0 Å². The minimum absolute atomic E-state index is 0.0856. The molecule has 2 saturated carbocycles. The number of ether oxygens (including phenoxy) is 1. The number of fused-ring (bicyclic) bond motifs is 2. The molecule has 2 fully saturated rings. The van der Waals surface area contributed by atoms with E-state index in [1.54, 1.807) is 0 Å². The molecule has 0 radical (unpaired) electrons. The molecular weight excluding hydrogens is 570 g/mol. The van der Waals surface area contributed by atoms with E-state index in [-0.39, 0.29) is 18.3 Å². The van der Waals surface area contributed by atoms with E-state index in [2.05, 4.69) is 14.1 Å². The van der Waals surface area contributed by atoms with Crippen LogP contribution in [0.4, 0.5) is 61.5 Å². The van der Waals surface area contributed by atoms with E-state index in [1.807, 2.05) is 0 Å². The SMILES string of the molecule is O=C(OCC1CC2CCC1C2)C(F)(SOO[O-])C(F)(F)C(F)(F)C(F)(F)C(F)(F)C(F)(F)C(F)(F)F. The summed E-state index contributed by atoms with van der Waals surface area (Å²) < 4.78 is 195. The fourth-order valence-electron chi connectivity index (χ4n) is 4.10. The van der Waals surface area contributed by atoms with Crippen LogP contribution in [0.25, 0.3) is 0 Å². The highest BCUT2D eigenvalue weighted by Crippen LogP contribution is 2.63. The van der Waals surface area contributed by atoms with Crippen molar-refractivity contribution in [2.24, 2.45) is 17.8 Å². The molecule has 0 heterocycles. The Bertz CT molecular complexity index is 822. The second kappa shape index (κ2) is 9.48. The van der Waals surface area contributed by atoms with Crippen LogP contribution in [0.1, 0.15) is 25.7 Å². The van der Waals surface area contributed by atoms with Crippen LogP contribution < -0.4 is 5.26 Å². The highest BCUT2D eigenvalue weighted by Gasteiger charge is 2.94. The van der Waals surface area contributed by atoms with Gasteiger partial charge in [0.05, 0.1) is 18.6 Å². The molecule has 4 unspecified atom stereocenters. The Labute approximate surface area is 195 Å². The van der Waals surface area contributed by atoms with Crippen LogP contribution in [0.5, 0.6) is 0 Å². The lowest BCUT2D eigenvalue weighted by Crippen LogP contribution is -2.73. The van der Waals surface area contributed by atoms with Gasteiger partial charge < -0.3 is 9.99 Å². The van der Waals surface area contributed by atoms with Gasteiger partial charge in [0.1, 0.15) is 0 Å². The first-order valence-electron chi connectivity index (χ1n) is 9.49. The molecule has 0 spiro atoms. The average molecular weight is 583 g/mol. The standard InChI is InChI=1S/C16H14F14O5S/c17-10(36-35-34-32,9(31)33-5-8-4-6-1-2-7(8)3-6)11(18,19)12(20,21)13(22,23)14(24,25)15(26,27)16(28,29)30/h6-8,32H,1-5H2/p-1. The van der Waals surface area contributed by atoms with Crippen molar-refractivity contribution in [3.05, 3.63) is 0 Å². The van der Waals surface area contributed by atoms with Crippen LogP contribution in [-0.4, -0.2) is 53.4 Å². The fourth-order valence-corrected chi connectivity index (χ4v) is 4.58. The Balaban J connectivity index is 2.43. The van der Waals surface area contributed by atoms with E-state index in [4.69, 9.17) is 0 Å². The normalized spacial score (nSPS) is 25.7. The summed E-state index contributed by atoms with van der Waals surface area (Å²) in [5.74, 6) is -44.5. The van der Waals surface area contributed by atoms with E-state index < -0.39 is 71.3 Å². The van der Waals surface area contributed by atoms with Gasteiger partial charge in [-0.1, -0.05) is 6.42 Å². The monoisotopic (exact) mass is 583 g/mol. The minimum Gasteiger partial charge on any atom is -0.691 e. The van der Waals surface area contributed by atoms with Gasteiger partial charge in [-0.2, -0.15) is 61.4 Å². The van der Waals surface area contributed by atoms with Gasteiger partial charge in [0.25, 0.3) is 0 Å². The lowest BCUT2D eigenvalue weighted by molar-refractivity contribution is -0.777.